The number of aliphatic hydroxyl groups is 2. The van der Waals surface area contributed by atoms with E-state index in [1.54, 1.807) is 0 Å². The number of amides is 3. The Bertz CT molecular complexity index is 506. The van der Waals surface area contributed by atoms with Crippen LogP contribution < -0.4 is 21.7 Å². The van der Waals surface area contributed by atoms with Crippen molar-refractivity contribution < 1.29 is 34.5 Å². The molecule has 0 spiro atoms. The van der Waals surface area contributed by atoms with Crippen LogP contribution in [0.1, 0.15) is 13.3 Å². The monoisotopic (exact) mass is 394 g/mol. The average Bonchev–Trinajstić information content (AvgIpc) is 2.60. The largest absolute Gasteiger partial charge is 0.480 e. The molecule has 0 radical (unpaired) electrons. The molecule has 0 bridgehead atoms. The molecule has 11 nitrogen and oxygen atoms in total. The van der Waals surface area contributed by atoms with Gasteiger partial charge in [-0.2, -0.15) is 11.8 Å². The third-order valence-corrected chi connectivity index (χ3v) is 3.98. The molecular formula is C14H26N4O7S. The molecule has 3 amide bonds. The molecule has 12 heteroatoms. The van der Waals surface area contributed by atoms with Gasteiger partial charge in [0.2, 0.25) is 17.7 Å². The maximum atomic E-state index is 12.1. The quantitative estimate of drug-likeness (QED) is 0.177. The predicted molar refractivity (Wildman–Crippen MR) is 94.2 cm³/mol. The van der Waals surface area contributed by atoms with Gasteiger partial charge in [0, 0.05) is 0 Å². The summed E-state index contributed by atoms with van der Waals surface area (Å²) in [5.41, 5.74) is 5.69. The Morgan fingerprint density at radius 3 is 1.96 bits per heavy atom. The number of aliphatic carboxylic acids is 1. The third-order valence-electron chi connectivity index (χ3n) is 3.33. The third kappa shape index (κ3) is 8.47. The lowest BCUT2D eigenvalue weighted by Gasteiger charge is -2.22. The van der Waals surface area contributed by atoms with Gasteiger partial charge in [0.25, 0.3) is 0 Å². The van der Waals surface area contributed by atoms with E-state index in [1.165, 1.54) is 18.7 Å². The molecule has 0 aromatic carbocycles. The number of hydrogen-bond donors (Lipinski definition) is 7. The Kier molecular flexibility index (Phi) is 11.6. The molecule has 0 fully saturated rings. The minimum absolute atomic E-state index is 0.431. The highest BCUT2D eigenvalue weighted by molar-refractivity contribution is 7.98. The highest BCUT2D eigenvalue weighted by Gasteiger charge is 2.28. The van der Waals surface area contributed by atoms with Crippen LogP contribution in [0.4, 0.5) is 0 Å². The van der Waals surface area contributed by atoms with Gasteiger partial charge in [0.05, 0.1) is 19.3 Å². The van der Waals surface area contributed by atoms with E-state index < -0.39 is 61.1 Å². The molecule has 150 valence electrons. The number of carbonyl (C=O) groups excluding carboxylic acids is 3. The van der Waals surface area contributed by atoms with Gasteiger partial charge in [-0.25, -0.2) is 4.79 Å². The van der Waals surface area contributed by atoms with Crippen LogP contribution in [0, 0.1) is 0 Å². The van der Waals surface area contributed by atoms with E-state index in [0.29, 0.717) is 12.2 Å². The van der Waals surface area contributed by atoms with Crippen LogP contribution >= 0.6 is 11.8 Å². The number of rotatable bonds is 12. The first-order valence-electron chi connectivity index (χ1n) is 7.78. The van der Waals surface area contributed by atoms with Gasteiger partial charge in [-0.15, -0.1) is 0 Å². The predicted octanol–water partition coefficient (Wildman–Crippen LogP) is -3.39. The van der Waals surface area contributed by atoms with Crippen LogP contribution in [-0.2, 0) is 19.2 Å². The molecule has 0 saturated carbocycles. The van der Waals surface area contributed by atoms with E-state index in [4.69, 9.17) is 15.9 Å². The summed E-state index contributed by atoms with van der Waals surface area (Å²) < 4.78 is 0. The zero-order chi connectivity index (χ0) is 20.3. The highest BCUT2D eigenvalue weighted by atomic mass is 32.2. The minimum Gasteiger partial charge on any atom is -0.480 e. The lowest BCUT2D eigenvalue weighted by Crippen LogP contribution is -2.57. The van der Waals surface area contributed by atoms with Crippen molar-refractivity contribution in [2.75, 3.05) is 25.2 Å². The zero-order valence-corrected chi connectivity index (χ0v) is 15.4. The van der Waals surface area contributed by atoms with E-state index in [-0.39, 0.29) is 0 Å². The minimum atomic E-state index is -1.57. The first-order chi connectivity index (χ1) is 12.2. The van der Waals surface area contributed by atoms with E-state index in [2.05, 4.69) is 10.6 Å². The fourth-order valence-corrected chi connectivity index (χ4v) is 2.20. The molecule has 0 aromatic rings. The summed E-state index contributed by atoms with van der Waals surface area (Å²) in [6, 6.07) is -4.83. The number of thioether (sulfide) groups is 1. The van der Waals surface area contributed by atoms with Gasteiger partial charge in [-0.1, -0.05) is 0 Å². The first kappa shape index (κ1) is 24.1. The van der Waals surface area contributed by atoms with Crippen molar-refractivity contribution in [3.63, 3.8) is 0 Å². The zero-order valence-electron chi connectivity index (χ0n) is 14.6. The highest BCUT2D eigenvalue weighted by Crippen LogP contribution is 1.99. The van der Waals surface area contributed by atoms with Crippen molar-refractivity contribution in [2.24, 2.45) is 5.73 Å². The van der Waals surface area contributed by atoms with Gasteiger partial charge in [-0.3, -0.25) is 14.4 Å². The van der Waals surface area contributed by atoms with Crippen LogP contribution in [0.3, 0.4) is 0 Å². The lowest BCUT2D eigenvalue weighted by molar-refractivity contribution is -0.143. The maximum absolute atomic E-state index is 12.1. The van der Waals surface area contributed by atoms with Crippen molar-refractivity contribution in [1.82, 2.24) is 16.0 Å². The summed E-state index contributed by atoms with van der Waals surface area (Å²) in [4.78, 5) is 46.6. The fourth-order valence-electron chi connectivity index (χ4n) is 1.71. The summed E-state index contributed by atoms with van der Waals surface area (Å²) in [6.45, 7) is -0.286. The van der Waals surface area contributed by atoms with Gasteiger partial charge in [0.1, 0.15) is 18.1 Å². The van der Waals surface area contributed by atoms with Crippen molar-refractivity contribution in [2.45, 2.75) is 37.5 Å². The van der Waals surface area contributed by atoms with Crippen molar-refractivity contribution in [1.29, 1.82) is 0 Å². The van der Waals surface area contributed by atoms with Crippen LogP contribution in [0.15, 0.2) is 0 Å². The maximum Gasteiger partial charge on any atom is 0.328 e. The molecule has 8 N–H and O–H groups in total. The van der Waals surface area contributed by atoms with E-state index in [0.717, 1.165) is 0 Å². The van der Waals surface area contributed by atoms with Gasteiger partial charge in [0.15, 0.2) is 0 Å². The number of carboxylic acids is 1. The summed E-state index contributed by atoms with van der Waals surface area (Å²) >= 11 is 1.52. The van der Waals surface area contributed by atoms with Gasteiger partial charge in [-0.05, 0) is 25.4 Å². The fraction of sp³-hybridized carbons (Fsp3) is 0.714. The summed E-state index contributed by atoms with van der Waals surface area (Å²) in [6.07, 6.45) is 2.30. The van der Waals surface area contributed by atoms with Crippen molar-refractivity contribution >= 4 is 35.5 Å². The lowest BCUT2D eigenvalue weighted by atomic mass is 10.2. The van der Waals surface area contributed by atoms with Crippen molar-refractivity contribution in [3.8, 4) is 0 Å². The molecule has 26 heavy (non-hydrogen) atoms. The number of carbonyl (C=O) groups is 4. The van der Waals surface area contributed by atoms with Gasteiger partial charge < -0.3 is 37.0 Å². The number of aliphatic hydroxyl groups excluding tert-OH is 2. The second-order valence-corrected chi connectivity index (χ2v) is 6.43. The summed E-state index contributed by atoms with van der Waals surface area (Å²) in [5, 5.41) is 33.4. The Morgan fingerprint density at radius 1 is 0.962 bits per heavy atom. The Hall–Kier alpha value is -1.89. The Morgan fingerprint density at radius 2 is 1.50 bits per heavy atom. The van der Waals surface area contributed by atoms with Crippen LogP contribution in [0.5, 0.6) is 0 Å². The molecular weight excluding hydrogens is 368 g/mol. The van der Waals surface area contributed by atoms with Crippen LogP contribution in [0.25, 0.3) is 0 Å². The summed E-state index contributed by atoms with van der Waals surface area (Å²) in [5.74, 6) is -3.07. The normalized spacial score (nSPS) is 15.3. The van der Waals surface area contributed by atoms with Crippen LogP contribution in [-0.4, -0.2) is 88.4 Å². The molecule has 0 aliphatic carbocycles. The molecule has 0 aliphatic rings. The second-order valence-electron chi connectivity index (χ2n) is 5.44. The number of nitrogens with two attached hydrogens (primary N) is 1. The molecule has 0 heterocycles. The van der Waals surface area contributed by atoms with E-state index >= 15 is 0 Å². The molecule has 0 aromatic heterocycles. The summed E-state index contributed by atoms with van der Waals surface area (Å²) in [7, 11) is 0. The number of nitrogens with one attached hydrogen (secondary N) is 3. The van der Waals surface area contributed by atoms with Gasteiger partial charge >= 0.3 is 5.97 Å². The number of hydrogen-bond acceptors (Lipinski definition) is 8. The standard InChI is InChI=1S/C14H26N4O7S/c1-7(16-12(22)8(15)3-4-26-2)11(21)17-9(5-19)13(23)18-10(6-20)14(24)25/h7-10,19-20H,3-6,15H2,1-2H3,(H,16,22)(H,17,21)(H,18,23)(H,24,25). The second kappa shape index (κ2) is 12.5. The molecule has 0 aliphatic heterocycles. The SMILES string of the molecule is CSCCC(N)C(=O)NC(C)C(=O)NC(CO)C(=O)NC(CO)C(=O)O. The van der Waals surface area contributed by atoms with E-state index in [1.807, 2.05) is 11.6 Å². The molecule has 0 rings (SSSR count). The van der Waals surface area contributed by atoms with E-state index in [9.17, 15) is 24.3 Å². The molecule has 0 saturated heterocycles. The topological polar surface area (TPSA) is 191 Å². The average molecular weight is 394 g/mol. The first-order valence-corrected chi connectivity index (χ1v) is 9.17. The van der Waals surface area contributed by atoms with Crippen LogP contribution in [0.2, 0.25) is 0 Å². The molecule has 4 unspecified atom stereocenters. The van der Waals surface area contributed by atoms with Crippen molar-refractivity contribution in [3.05, 3.63) is 0 Å². The Balaban J connectivity index is 4.66. The number of carboxylic acid groups (broad SMARTS) is 1. The Labute approximate surface area is 155 Å². The molecule has 4 atom stereocenters. The smallest absolute Gasteiger partial charge is 0.328 e.